The highest BCUT2D eigenvalue weighted by atomic mass is 16.6. The molecule has 4 aromatic rings. The average Bonchev–Trinajstić information content (AvgIpc) is 3.63. The van der Waals surface area contributed by atoms with Crippen LogP contribution in [0.5, 0.6) is 0 Å². The van der Waals surface area contributed by atoms with Crippen molar-refractivity contribution in [1.29, 1.82) is 0 Å². The smallest absolute Gasteiger partial charge is 0.338 e. The Kier molecular flexibility index (Phi) is 9.96. The van der Waals surface area contributed by atoms with Crippen LogP contribution >= 0.6 is 0 Å². The fraction of sp³-hybridized carbons (Fsp3) is 0.394. The van der Waals surface area contributed by atoms with Crippen molar-refractivity contribution in [2.45, 2.75) is 77.7 Å². The highest BCUT2D eigenvalue weighted by Gasteiger charge is 2.40. The second-order valence-corrected chi connectivity index (χ2v) is 11.0. The zero-order chi connectivity index (χ0) is 31.1. The summed E-state index contributed by atoms with van der Waals surface area (Å²) in [7, 11) is 0. The standard InChI is InChI=1S/C33H37N5O6/c1-4-5-6-7-8-27(39)37-30-29-31(35-19-34-30)38(20-36-29)28-17-25(44-33(41)24-15-11-22(3)12-16-24)26(43-28)18-42-32(40)23-13-9-21(2)10-14-23/h9-16,19-20,25-26,28H,4-8,17-18H2,1-3H3,(H,34,35,37,39)/t25-,26+,28+/m0/s1. The first-order chi connectivity index (χ1) is 21.3. The Hall–Kier alpha value is -4.64. The van der Waals surface area contributed by atoms with E-state index in [1.165, 1.54) is 6.33 Å². The maximum Gasteiger partial charge on any atom is 0.338 e. The fourth-order valence-corrected chi connectivity index (χ4v) is 5.03. The number of carbonyl (C=O) groups is 3. The van der Waals surface area contributed by atoms with Gasteiger partial charge in [0.25, 0.3) is 0 Å². The molecule has 0 unspecified atom stereocenters. The van der Waals surface area contributed by atoms with Crippen molar-refractivity contribution in [2.75, 3.05) is 11.9 Å². The number of hydrogen-bond donors (Lipinski definition) is 1. The van der Waals surface area contributed by atoms with Crippen molar-refractivity contribution in [2.24, 2.45) is 0 Å². The summed E-state index contributed by atoms with van der Waals surface area (Å²) in [6, 6.07) is 14.1. The molecule has 0 saturated carbocycles. The minimum atomic E-state index is -0.745. The molecule has 0 aliphatic carbocycles. The van der Waals surface area contributed by atoms with Crippen LogP contribution in [0, 0.1) is 13.8 Å². The van der Waals surface area contributed by atoms with Gasteiger partial charge >= 0.3 is 11.9 Å². The summed E-state index contributed by atoms with van der Waals surface area (Å²) < 4.78 is 19.5. The van der Waals surface area contributed by atoms with Crippen LogP contribution in [0.3, 0.4) is 0 Å². The number of hydrogen-bond acceptors (Lipinski definition) is 9. The quantitative estimate of drug-likeness (QED) is 0.160. The molecule has 11 nitrogen and oxygen atoms in total. The molecule has 230 valence electrons. The molecule has 3 atom stereocenters. The van der Waals surface area contributed by atoms with E-state index in [0.717, 1.165) is 36.8 Å². The number of rotatable bonds is 12. The van der Waals surface area contributed by atoms with E-state index in [9.17, 15) is 14.4 Å². The lowest BCUT2D eigenvalue weighted by Gasteiger charge is -2.19. The summed E-state index contributed by atoms with van der Waals surface area (Å²) in [6.45, 7) is 5.87. The van der Waals surface area contributed by atoms with E-state index in [1.54, 1.807) is 35.2 Å². The Morgan fingerprint density at radius 1 is 0.909 bits per heavy atom. The maximum atomic E-state index is 13.0. The van der Waals surface area contributed by atoms with Crippen molar-refractivity contribution in [3.63, 3.8) is 0 Å². The van der Waals surface area contributed by atoms with Gasteiger partial charge in [0.1, 0.15) is 31.4 Å². The summed E-state index contributed by atoms with van der Waals surface area (Å²) in [6.07, 6.45) is 5.45. The number of benzene rings is 2. The van der Waals surface area contributed by atoms with Crippen LogP contribution in [-0.2, 0) is 19.0 Å². The third kappa shape index (κ3) is 7.46. The summed E-state index contributed by atoms with van der Waals surface area (Å²) in [5, 5.41) is 2.85. The number of nitrogens with one attached hydrogen (secondary N) is 1. The molecule has 5 rings (SSSR count). The predicted molar refractivity (Wildman–Crippen MR) is 163 cm³/mol. The van der Waals surface area contributed by atoms with E-state index in [0.29, 0.717) is 34.5 Å². The lowest BCUT2D eigenvalue weighted by molar-refractivity contribution is -0.116. The Bertz CT molecular complexity index is 1600. The molecule has 2 aromatic carbocycles. The van der Waals surface area contributed by atoms with Gasteiger partial charge in [-0.2, -0.15) is 0 Å². The largest absolute Gasteiger partial charge is 0.459 e. The van der Waals surface area contributed by atoms with Gasteiger partial charge in [0.05, 0.1) is 17.5 Å². The van der Waals surface area contributed by atoms with Crippen molar-refractivity contribution < 1.29 is 28.6 Å². The first-order valence-corrected chi connectivity index (χ1v) is 15.0. The van der Waals surface area contributed by atoms with Crippen molar-refractivity contribution in [3.05, 3.63) is 83.4 Å². The van der Waals surface area contributed by atoms with E-state index in [1.807, 2.05) is 38.1 Å². The zero-order valence-corrected chi connectivity index (χ0v) is 25.2. The highest BCUT2D eigenvalue weighted by molar-refractivity contribution is 5.96. The van der Waals surface area contributed by atoms with Crippen LogP contribution in [0.1, 0.15) is 83.5 Å². The van der Waals surface area contributed by atoms with Crippen LogP contribution in [0.4, 0.5) is 5.82 Å². The van der Waals surface area contributed by atoms with Crippen LogP contribution in [-0.4, -0.2) is 56.2 Å². The Balaban J connectivity index is 1.32. The molecule has 1 N–H and O–H groups in total. The highest BCUT2D eigenvalue weighted by Crippen LogP contribution is 2.34. The molecule has 2 aromatic heterocycles. The van der Waals surface area contributed by atoms with E-state index in [2.05, 4.69) is 27.2 Å². The van der Waals surface area contributed by atoms with Gasteiger partial charge in [-0.3, -0.25) is 9.36 Å². The van der Waals surface area contributed by atoms with Crippen molar-refractivity contribution in [1.82, 2.24) is 19.5 Å². The molecule has 1 aliphatic heterocycles. The topological polar surface area (TPSA) is 135 Å². The first-order valence-electron chi connectivity index (χ1n) is 15.0. The van der Waals surface area contributed by atoms with Gasteiger partial charge < -0.3 is 19.5 Å². The number of anilines is 1. The van der Waals surface area contributed by atoms with E-state index in [-0.39, 0.29) is 18.9 Å². The number of ether oxygens (including phenoxy) is 3. The zero-order valence-electron chi connectivity index (χ0n) is 25.2. The Labute approximate surface area is 256 Å². The minimum Gasteiger partial charge on any atom is -0.459 e. The predicted octanol–water partition coefficient (Wildman–Crippen LogP) is 5.72. The Morgan fingerprint density at radius 3 is 2.27 bits per heavy atom. The molecule has 0 bridgehead atoms. The minimum absolute atomic E-state index is 0.129. The molecule has 44 heavy (non-hydrogen) atoms. The summed E-state index contributed by atoms with van der Waals surface area (Å²) in [4.78, 5) is 51.4. The molecule has 11 heteroatoms. The summed E-state index contributed by atoms with van der Waals surface area (Å²) in [5.41, 5.74) is 3.74. The third-order valence-electron chi connectivity index (χ3n) is 7.58. The molecule has 3 heterocycles. The first kappa shape index (κ1) is 30.8. The number of unbranched alkanes of at least 4 members (excludes halogenated alkanes) is 3. The molecule has 1 fully saturated rings. The molecular weight excluding hydrogens is 562 g/mol. The third-order valence-corrected chi connectivity index (χ3v) is 7.58. The number of fused-ring (bicyclic) bond motifs is 1. The summed E-state index contributed by atoms with van der Waals surface area (Å²) >= 11 is 0. The molecular formula is C33H37N5O6. The van der Waals surface area contributed by atoms with Gasteiger partial charge in [-0.1, -0.05) is 61.6 Å². The van der Waals surface area contributed by atoms with Gasteiger partial charge in [-0.05, 0) is 44.5 Å². The van der Waals surface area contributed by atoms with Gasteiger partial charge in [-0.15, -0.1) is 0 Å². The number of amides is 1. The number of esters is 2. The lowest BCUT2D eigenvalue weighted by atomic mass is 10.1. The molecule has 0 radical (unpaired) electrons. The monoisotopic (exact) mass is 599 g/mol. The fourth-order valence-electron chi connectivity index (χ4n) is 5.03. The Morgan fingerprint density at radius 2 is 1.59 bits per heavy atom. The van der Waals surface area contributed by atoms with E-state index < -0.39 is 30.4 Å². The normalized spacial score (nSPS) is 17.8. The molecule has 1 aliphatic rings. The van der Waals surface area contributed by atoms with Crippen LogP contribution < -0.4 is 5.32 Å². The molecule has 1 saturated heterocycles. The summed E-state index contributed by atoms with van der Waals surface area (Å²) in [5.74, 6) is -0.822. The van der Waals surface area contributed by atoms with E-state index in [4.69, 9.17) is 14.2 Å². The molecule has 1 amide bonds. The van der Waals surface area contributed by atoms with Crippen molar-refractivity contribution >= 4 is 34.8 Å². The van der Waals surface area contributed by atoms with Gasteiger partial charge in [0.15, 0.2) is 17.0 Å². The van der Waals surface area contributed by atoms with Gasteiger partial charge in [0.2, 0.25) is 5.91 Å². The number of nitrogens with zero attached hydrogens (tertiary/aromatic N) is 4. The maximum absolute atomic E-state index is 13.0. The van der Waals surface area contributed by atoms with Crippen LogP contribution in [0.25, 0.3) is 11.2 Å². The number of aryl methyl sites for hydroxylation is 2. The van der Waals surface area contributed by atoms with E-state index >= 15 is 0 Å². The van der Waals surface area contributed by atoms with Gasteiger partial charge in [-0.25, -0.2) is 24.5 Å². The van der Waals surface area contributed by atoms with Crippen molar-refractivity contribution in [3.8, 4) is 0 Å². The SMILES string of the molecule is CCCCCCC(=O)Nc1ncnc2c1ncn2[C@H]1C[C@H](OC(=O)c2ccc(C)cc2)[C@@H](COC(=O)c2ccc(C)cc2)O1. The number of carbonyl (C=O) groups excluding carboxylic acids is 3. The number of aromatic nitrogens is 4. The average molecular weight is 600 g/mol. The van der Waals surface area contributed by atoms with Crippen LogP contribution in [0.2, 0.25) is 0 Å². The van der Waals surface area contributed by atoms with Crippen LogP contribution in [0.15, 0.2) is 61.2 Å². The van der Waals surface area contributed by atoms with Gasteiger partial charge in [0, 0.05) is 12.8 Å². The lowest BCUT2D eigenvalue weighted by Crippen LogP contribution is -2.32. The number of imidazole rings is 1. The molecule has 0 spiro atoms. The second kappa shape index (κ2) is 14.2. The second-order valence-electron chi connectivity index (χ2n) is 11.0.